The first-order valence-electron chi connectivity index (χ1n) is 9.36. The second-order valence-electron chi connectivity index (χ2n) is 6.53. The van der Waals surface area contributed by atoms with Crippen LogP contribution in [0.25, 0.3) is 12.2 Å². The summed E-state index contributed by atoms with van der Waals surface area (Å²) in [4.78, 5) is 22.6. The molecule has 0 aliphatic heterocycles. The average molecular weight is 407 g/mol. The maximum Gasteiger partial charge on any atom is 0.338 e. The molecular formula is C22H21N3O5. The summed E-state index contributed by atoms with van der Waals surface area (Å²) in [5, 5.41) is 17.5. The first kappa shape index (κ1) is 20.8. The van der Waals surface area contributed by atoms with Gasteiger partial charge in [0.05, 0.1) is 4.92 Å². The molecule has 0 aliphatic rings. The van der Waals surface area contributed by atoms with Crippen LogP contribution in [0.15, 0.2) is 53.1 Å². The molecule has 0 spiro atoms. The van der Waals surface area contributed by atoms with E-state index in [-0.39, 0.29) is 29.7 Å². The number of carbonyl (C=O) groups is 1. The van der Waals surface area contributed by atoms with Crippen molar-refractivity contribution < 1.29 is 19.0 Å². The van der Waals surface area contributed by atoms with E-state index in [0.717, 1.165) is 17.7 Å². The van der Waals surface area contributed by atoms with Crippen LogP contribution >= 0.6 is 0 Å². The molecule has 2 aromatic carbocycles. The van der Waals surface area contributed by atoms with Gasteiger partial charge in [-0.15, -0.1) is 0 Å². The fourth-order valence-corrected chi connectivity index (χ4v) is 2.73. The van der Waals surface area contributed by atoms with Crippen LogP contribution in [0.5, 0.6) is 5.75 Å². The summed E-state index contributed by atoms with van der Waals surface area (Å²) in [6.45, 7) is 3.47. The molecule has 0 saturated carbocycles. The lowest BCUT2D eigenvalue weighted by Gasteiger charge is -2.08. The Morgan fingerprint density at radius 2 is 1.87 bits per heavy atom. The number of benzene rings is 2. The number of nitrogens with zero attached hydrogens (tertiary/aromatic N) is 2. The van der Waals surface area contributed by atoms with Crippen molar-refractivity contribution in [3.8, 4) is 5.75 Å². The van der Waals surface area contributed by atoms with Crippen molar-refractivity contribution in [2.75, 3.05) is 11.9 Å². The topological polar surface area (TPSA) is 108 Å². The van der Waals surface area contributed by atoms with Crippen molar-refractivity contribution >= 4 is 29.4 Å². The molecule has 0 unspecified atom stereocenters. The molecule has 8 nitrogen and oxygen atoms in total. The Bertz CT molecular complexity index is 1050. The van der Waals surface area contributed by atoms with Gasteiger partial charge in [0.25, 0.3) is 5.91 Å². The number of aromatic nitrogens is 1. The minimum Gasteiger partial charge on any atom is -0.484 e. The summed E-state index contributed by atoms with van der Waals surface area (Å²) in [5.41, 5.74) is 2.78. The third kappa shape index (κ3) is 5.32. The standard InChI is InChI=1S/C22H21N3O5/c1-3-16-4-9-18(10-5-16)23-21(26)14-29-19-11-6-17(7-12-19)8-13-20-22(25(27)28)15(2)24-30-20/h4-13H,3,14H2,1-2H3,(H,23,26)/b13-8+. The molecule has 30 heavy (non-hydrogen) atoms. The number of aryl methyl sites for hydroxylation is 2. The van der Waals surface area contributed by atoms with Crippen LogP contribution in [0.3, 0.4) is 0 Å². The van der Waals surface area contributed by atoms with Gasteiger partial charge >= 0.3 is 5.69 Å². The Balaban J connectivity index is 1.54. The van der Waals surface area contributed by atoms with Gasteiger partial charge < -0.3 is 14.6 Å². The smallest absolute Gasteiger partial charge is 0.338 e. The van der Waals surface area contributed by atoms with Crippen molar-refractivity contribution in [3.63, 3.8) is 0 Å². The van der Waals surface area contributed by atoms with E-state index in [9.17, 15) is 14.9 Å². The molecule has 8 heteroatoms. The molecule has 1 amide bonds. The lowest BCUT2D eigenvalue weighted by Crippen LogP contribution is -2.20. The maximum atomic E-state index is 12.0. The number of amides is 1. The number of carbonyl (C=O) groups excluding carboxylic acids is 1. The Labute approximate surface area is 173 Å². The molecule has 0 fully saturated rings. The van der Waals surface area contributed by atoms with Gasteiger partial charge in [0.15, 0.2) is 12.3 Å². The van der Waals surface area contributed by atoms with Crippen molar-refractivity contribution in [3.05, 3.63) is 81.2 Å². The number of anilines is 1. The van der Waals surface area contributed by atoms with E-state index in [1.165, 1.54) is 18.6 Å². The van der Waals surface area contributed by atoms with Gasteiger partial charge in [0.2, 0.25) is 5.76 Å². The highest BCUT2D eigenvalue weighted by atomic mass is 16.6. The molecule has 3 rings (SSSR count). The molecular weight excluding hydrogens is 386 g/mol. The first-order chi connectivity index (χ1) is 14.5. The van der Waals surface area contributed by atoms with Gasteiger partial charge in [-0.2, -0.15) is 0 Å². The fraction of sp³-hybridized carbons (Fsp3) is 0.182. The minimum absolute atomic E-state index is 0.0847. The molecule has 0 atom stereocenters. The van der Waals surface area contributed by atoms with E-state index < -0.39 is 4.92 Å². The van der Waals surface area contributed by atoms with Gasteiger partial charge in [-0.25, -0.2) is 0 Å². The molecule has 1 aromatic heterocycles. The minimum atomic E-state index is -0.522. The van der Waals surface area contributed by atoms with Gasteiger partial charge in [0.1, 0.15) is 5.75 Å². The first-order valence-corrected chi connectivity index (χ1v) is 9.36. The Kier molecular flexibility index (Phi) is 6.59. The molecule has 0 radical (unpaired) electrons. The van der Waals surface area contributed by atoms with E-state index in [0.29, 0.717) is 5.75 Å². The Morgan fingerprint density at radius 3 is 2.50 bits per heavy atom. The van der Waals surface area contributed by atoms with E-state index >= 15 is 0 Å². The van der Waals surface area contributed by atoms with E-state index in [1.807, 2.05) is 24.3 Å². The number of nitro groups is 1. The third-order valence-electron chi connectivity index (χ3n) is 4.36. The second kappa shape index (κ2) is 9.51. The van der Waals surface area contributed by atoms with Crippen LogP contribution in [0.2, 0.25) is 0 Å². The van der Waals surface area contributed by atoms with Gasteiger partial charge in [-0.1, -0.05) is 42.4 Å². The molecule has 3 aromatic rings. The van der Waals surface area contributed by atoms with Crippen molar-refractivity contribution in [2.45, 2.75) is 20.3 Å². The fourth-order valence-electron chi connectivity index (χ4n) is 2.73. The predicted octanol–water partition coefficient (Wildman–Crippen LogP) is 4.64. The summed E-state index contributed by atoms with van der Waals surface area (Å²) in [5.74, 6) is 0.364. The van der Waals surface area contributed by atoms with E-state index in [2.05, 4.69) is 17.4 Å². The highest BCUT2D eigenvalue weighted by Crippen LogP contribution is 2.25. The zero-order valence-electron chi connectivity index (χ0n) is 16.6. The largest absolute Gasteiger partial charge is 0.484 e. The monoisotopic (exact) mass is 407 g/mol. The predicted molar refractivity (Wildman–Crippen MR) is 113 cm³/mol. The Morgan fingerprint density at radius 1 is 1.17 bits per heavy atom. The van der Waals surface area contributed by atoms with Crippen molar-refractivity contribution in [2.24, 2.45) is 0 Å². The maximum absolute atomic E-state index is 12.0. The van der Waals surface area contributed by atoms with Crippen LogP contribution in [-0.2, 0) is 11.2 Å². The molecule has 154 valence electrons. The van der Waals surface area contributed by atoms with Crippen LogP contribution in [0.4, 0.5) is 11.4 Å². The second-order valence-corrected chi connectivity index (χ2v) is 6.53. The zero-order chi connectivity index (χ0) is 21.5. The summed E-state index contributed by atoms with van der Waals surface area (Å²) < 4.78 is 10.5. The lowest BCUT2D eigenvalue weighted by atomic mass is 10.1. The van der Waals surface area contributed by atoms with E-state index in [4.69, 9.17) is 9.26 Å². The van der Waals surface area contributed by atoms with Crippen molar-refractivity contribution in [1.82, 2.24) is 5.16 Å². The molecule has 1 heterocycles. The summed E-state index contributed by atoms with van der Waals surface area (Å²) in [6, 6.07) is 14.6. The number of rotatable bonds is 8. The number of hydrogen-bond acceptors (Lipinski definition) is 6. The molecule has 0 aliphatic carbocycles. The molecule has 0 saturated heterocycles. The summed E-state index contributed by atoms with van der Waals surface area (Å²) in [6.07, 6.45) is 4.10. The zero-order valence-corrected chi connectivity index (χ0v) is 16.6. The summed E-state index contributed by atoms with van der Waals surface area (Å²) in [7, 11) is 0. The third-order valence-corrected chi connectivity index (χ3v) is 4.36. The van der Waals surface area contributed by atoms with Crippen LogP contribution in [-0.4, -0.2) is 22.6 Å². The quantitative estimate of drug-likeness (QED) is 0.430. The van der Waals surface area contributed by atoms with Gasteiger partial charge in [-0.3, -0.25) is 14.9 Å². The van der Waals surface area contributed by atoms with Gasteiger partial charge in [-0.05, 0) is 54.8 Å². The van der Waals surface area contributed by atoms with Crippen LogP contribution < -0.4 is 10.1 Å². The number of ether oxygens (including phenoxy) is 1. The molecule has 1 N–H and O–H groups in total. The van der Waals surface area contributed by atoms with E-state index in [1.54, 1.807) is 30.3 Å². The highest BCUT2D eigenvalue weighted by molar-refractivity contribution is 5.91. The van der Waals surface area contributed by atoms with Crippen LogP contribution in [0, 0.1) is 17.0 Å². The van der Waals surface area contributed by atoms with Crippen molar-refractivity contribution in [1.29, 1.82) is 0 Å². The Hall–Kier alpha value is -3.94. The number of nitrogens with one attached hydrogen (secondary N) is 1. The average Bonchev–Trinajstić information content (AvgIpc) is 3.12. The normalized spacial score (nSPS) is 10.9. The highest BCUT2D eigenvalue weighted by Gasteiger charge is 2.21. The lowest BCUT2D eigenvalue weighted by molar-refractivity contribution is -0.386. The van der Waals surface area contributed by atoms with Crippen LogP contribution in [0.1, 0.15) is 29.5 Å². The van der Waals surface area contributed by atoms with Gasteiger partial charge in [0, 0.05) is 5.69 Å². The number of hydrogen-bond donors (Lipinski definition) is 1. The summed E-state index contributed by atoms with van der Waals surface area (Å²) >= 11 is 0. The SMILES string of the molecule is CCc1ccc(NC(=O)COc2ccc(/C=C/c3onc(C)c3[N+](=O)[O-])cc2)cc1. The molecule has 0 bridgehead atoms.